The maximum atomic E-state index is 13.0. The molecule has 2 heterocycles. The van der Waals surface area contributed by atoms with E-state index in [-0.39, 0.29) is 24.4 Å². The summed E-state index contributed by atoms with van der Waals surface area (Å²) in [6, 6.07) is 10.5. The number of thiophene rings is 1. The third kappa shape index (κ3) is 5.22. The molecule has 7 nitrogen and oxygen atoms in total. The summed E-state index contributed by atoms with van der Waals surface area (Å²) >= 11 is 1.18. The van der Waals surface area contributed by atoms with E-state index in [0.717, 1.165) is 25.7 Å². The molecule has 1 aromatic heterocycles. The molecule has 2 amide bonds. The lowest BCUT2D eigenvalue weighted by atomic mass is 9.95. The minimum Gasteiger partial charge on any atom is -0.349 e. The number of benzene rings is 1. The molecule has 2 aliphatic rings. The van der Waals surface area contributed by atoms with Gasteiger partial charge in [0.05, 0.1) is 17.2 Å². The molecule has 2 aromatic rings. The number of nitrogens with one attached hydrogen (secondary N) is 2. The van der Waals surface area contributed by atoms with Gasteiger partial charge in [0.2, 0.25) is 5.91 Å². The van der Waals surface area contributed by atoms with Crippen molar-refractivity contribution in [2.75, 3.05) is 18.4 Å². The summed E-state index contributed by atoms with van der Waals surface area (Å²) in [5.41, 5.74) is 0.898. The number of carbonyl (C=O) groups excluding carboxylic acids is 2. The Morgan fingerprint density at radius 1 is 0.969 bits per heavy atom. The summed E-state index contributed by atoms with van der Waals surface area (Å²) in [4.78, 5) is 25.9. The normalized spacial score (nSPS) is 20.6. The summed E-state index contributed by atoms with van der Waals surface area (Å²) in [5, 5.41) is 7.71. The van der Waals surface area contributed by atoms with Gasteiger partial charge >= 0.3 is 0 Å². The highest BCUT2D eigenvalue weighted by Crippen LogP contribution is 2.27. The first-order valence-electron chi connectivity index (χ1n) is 11.2. The zero-order valence-corrected chi connectivity index (χ0v) is 19.6. The van der Waals surface area contributed by atoms with E-state index in [1.807, 2.05) is 0 Å². The van der Waals surface area contributed by atoms with E-state index in [1.54, 1.807) is 41.8 Å². The molecule has 1 aliphatic heterocycles. The quantitative estimate of drug-likeness (QED) is 0.663. The van der Waals surface area contributed by atoms with Crippen molar-refractivity contribution in [1.29, 1.82) is 0 Å². The monoisotopic (exact) mass is 475 g/mol. The molecule has 172 valence electrons. The first-order chi connectivity index (χ1) is 15.4. The molecule has 0 radical (unpaired) electrons. The molecule has 1 saturated carbocycles. The highest BCUT2D eigenvalue weighted by atomic mass is 32.2. The standard InChI is InChI=1S/C23H29N3O4S2/c27-22(17-8-6-14-26(16-17)32(29,30)21-13-7-15-31-21)25-20-12-5-4-11-19(20)23(28)24-18-9-2-1-3-10-18/h4-5,7,11-13,15,17-18H,1-3,6,8-10,14,16H2,(H,24,28)(H,25,27). The van der Waals surface area contributed by atoms with Crippen LogP contribution in [0.5, 0.6) is 0 Å². The third-order valence-corrected chi connectivity index (χ3v) is 9.45. The highest BCUT2D eigenvalue weighted by Gasteiger charge is 2.34. The summed E-state index contributed by atoms with van der Waals surface area (Å²) < 4.78 is 27.4. The topological polar surface area (TPSA) is 95.6 Å². The van der Waals surface area contributed by atoms with Crippen LogP contribution in [0.3, 0.4) is 0 Å². The van der Waals surface area contributed by atoms with Gasteiger partial charge in [0.25, 0.3) is 15.9 Å². The fourth-order valence-corrected chi connectivity index (χ4v) is 7.12. The number of hydrogen-bond acceptors (Lipinski definition) is 5. The van der Waals surface area contributed by atoms with E-state index in [0.29, 0.717) is 34.8 Å². The molecule has 4 rings (SSSR count). The second-order valence-corrected chi connectivity index (χ2v) is 11.6. The summed E-state index contributed by atoms with van der Waals surface area (Å²) in [5.74, 6) is -0.903. The number of anilines is 1. The van der Waals surface area contributed by atoms with Gasteiger partial charge in [0.15, 0.2) is 0 Å². The van der Waals surface area contributed by atoms with Gasteiger partial charge in [-0.15, -0.1) is 11.3 Å². The number of amides is 2. The van der Waals surface area contributed by atoms with Crippen LogP contribution in [0.15, 0.2) is 46.0 Å². The molecule has 1 unspecified atom stereocenters. The van der Waals surface area contributed by atoms with Gasteiger partial charge in [-0.05, 0) is 49.3 Å². The van der Waals surface area contributed by atoms with Crippen LogP contribution in [0.1, 0.15) is 55.3 Å². The minimum atomic E-state index is -3.59. The number of sulfonamides is 1. The first kappa shape index (κ1) is 22.9. The minimum absolute atomic E-state index is 0.141. The summed E-state index contributed by atoms with van der Waals surface area (Å²) in [6.07, 6.45) is 6.64. The molecule has 9 heteroatoms. The Hall–Kier alpha value is -2.23. The van der Waals surface area contributed by atoms with Gasteiger partial charge in [-0.25, -0.2) is 8.42 Å². The lowest BCUT2D eigenvalue weighted by Crippen LogP contribution is -2.43. The number of carbonyl (C=O) groups is 2. The maximum absolute atomic E-state index is 13.0. The molecular formula is C23H29N3O4S2. The second-order valence-electron chi connectivity index (χ2n) is 8.48. The van der Waals surface area contributed by atoms with Crippen LogP contribution in [0.2, 0.25) is 0 Å². The lowest BCUT2D eigenvalue weighted by Gasteiger charge is -2.31. The maximum Gasteiger partial charge on any atom is 0.253 e. The Balaban J connectivity index is 1.43. The van der Waals surface area contributed by atoms with Crippen LogP contribution in [-0.2, 0) is 14.8 Å². The number of nitrogens with zero attached hydrogens (tertiary/aromatic N) is 1. The Labute approximate surface area is 193 Å². The number of para-hydroxylation sites is 1. The van der Waals surface area contributed by atoms with E-state index in [1.165, 1.54) is 22.1 Å². The van der Waals surface area contributed by atoms with Gasteiger partial charge in [-0.1, -0.05) is 37.5 Å². The molecule has 32 heavy (non-hydrogen) atoms. The largest absolute Gasteiger partial charge is 0.349 e. The van der Waals surface area contributed by atoms with Crippen LogP contribution in [0.25, 0.3) is 0 Å². The van der Waals surface area contributed by atoms with Crippen LogP contribution >= 0.6 is 11.3 Å². The Bertz CT molecular complexity index is 1050. The average Bonchev–Trinajstić information content (AvgIpc) is 3.36. The van der Waals surface area contributed by atoms with Crippen molar-refractivity contribution < 1.29 is 18.0 Å². The molecule has 0 spiro atoms. The Kier molecular flexibility index (Phi) is 7.27. The van der Waals surface area contributed by atoms with E-state index < -0.39 is 15.9 Å². The number of piperidine rings is 1. The highest BCUT2D eigenvalue weighted by molar-refractivity contribution is 7.91. The second kappa shape index (κ2) is 10.1. The Morgan fingerprint density at radius 2 is 1.75 bits per heavy atom. The van der Waals surface area contributed by atoms with Crippen molar-refractivity contribution in [3.8, 4) is 0 Å². The molecule has 1 saturated heterocycles. The van der Waals surface area contributed by atoms with Gasteiger partial charge < -0.3 is 10.6 Å². The molecule has 1 atom stereocenters. The van der Waals surface area contributed by atoms with Crippen molar-refractivity contribution >= 4 is 38.9 Å². The predicted molar refractivity (Wildman–Crippen MR) is 125 cm³/mol. The molecule has 2 N–H and O–H groups in total. The first-order valence-corrected chi connectivity index (χ1v) is 13.5. The molecule has 0 bridgehead atoms. The molecular weight excluding hydrogens is 446 g/mol. The van der Waals surface area contributed by atoms with Gasteiger partial charge in [0.1, 0.15) is 4.21 Å². The van der Waals surface area contributed by atoms with Crippen molar-refractivity contribution in [3.05, 3.63) is 47.3 Å². The van der Waals surface area contributed by atoms with E-state index in [4.69, 9.17) is 0 Å². The summed E-state index contributed by atoms with van der Waals surface area (Å²) in [6.45, 7) is 0.549. The smallest absolute Gasteiger partial charge is 0.253 e. The van der Waals surface area contributed by atoms with Crippen molar-refractivity contribution in [2.45, 2.75) is 55.2 Å². The van der Waals surface area contributed by atoms with Crippen LogP contribution in [0, 0.1) is 5.92 Å². The average molecular weight is 476 g/mol. The Morgan fingerprint density at radius 3 is 2.50 bits per heavy atom. The van der Waals surface area contributed by atoms with E-state index in [9.17, 15) is 18.0 Å². The van der Waals surface area contributed by atoms with Crippen molar-refractivity contribution in [2.24, 2.45) is 5.92 Å². The van der Waals surface area contributed by atoms with E-state index >= 15 is 0 Å². The SMILES string of the molecule is O=C(NC1CCCCC1)c1ccccc1NC(=O)C1CCCN(S(=O)(=O)c2cccs2)C1. The number of rotatable bonds is 6. The molecule has 1 aliphatic carbocycles. The van der Waals surface area contributed by atoms with Crippen LogP contribution < -0.4 is 10.6 Å². The lowest BCUT2D eigenvalue weighted by molar-refractivity contribution is -0.120. The van der Waals surface area contributed by atoms with Gasteiger partial charge in [-0.2, -0.15) is 4.31 Å². The number of hydrogen-bond donors (Lipinski definition) is 2. The van der Waals surface area contributed by atoms with Crippen molar-refractivity contribution in [1.82, 2.24) is 9.62 Å². The fraction of sp³-hybridized carbons (Fsp3) is 0.478. The van der Waals surface area contributed by atoms with E-state index in [2.05, 4.69) is 10.6 Å². The van der Waals surface area contributed by atoms with Crippen molar-refractivity contribution in [3.63, 3.8) is 0 Å². The molecule has 1 aromatic carbocycles. The van der Waals surface area contributed by atoms with Gasteiger partial charge in [-0.3, -0.25) is 9.59 Å². The molecule has 2 fully saturated rings. The summed E-state index contributed by atoms with van der Waals surface area (Å²) in [7, 11) is -3.59. The predicted octanol–water partition coefficient (Wildman–Crippen LogP) is 3.85. The van der Waals surface area contributed by atoms with Gasteiger partial charge in [0, 0.05) is 19.1 Å². The third-order valence-electron chi connectivity index (χ3n) is 6.21. The fourth-order valence-electron chi connectivity index (χ4n) is 4.45. The zero-order chi connectivity index (χ0) is 22.6. The van der Waals surface area contributed by atoms with Crippen LogP contribution in [-0.4, -0.2) is 43.7 Å². The van der Waals surface area contributed by atoms with Crippen LogP contribution in [0.4, 0.5) is 5.69 Å². The zero-order valence-electron chi connectivity index (χ0n) is 18.0.